The third kappa shape index (κ3) is 6.34. The van der Waals surface area contributed by atoms with Gasteiger partial charge in [0.1, 0.15) is 5.75 Å². The van der Waals surface area contributed by atoms with Crippen molar-refractivity contribution in [2.24, 2.45) is 0 Å². The van der Waals surface area contributed by atoms with Gasteiger partial charge in [0.25, 0.3) is 0 Å². The molecule has 1 fully saturated rings. The highest BCUT2D eigenvalue weighted by Crippen LogP contribution is 2.26. The maximum atomic E-state index is 12.1. The van der Waals surface area contributed by atoms with E-state index in [0.29, 0.717) is 17.8 Å². The number of rotatable bonds is 6. The van der Waals surface area contributed by atoms with E-state index in [1.54, 1.807) is 0 Å². The van der Waals surface area contributed by atoms with Gasteiger partial charge in [-0.05, 0) is 57.1 Å². The minimum atomic E-state index is -0.0769. The first-order chi connectivity index (χ1) is 11.1. The van der Waals surface area contributed by atoms with Gasteiger partial charge in [-0.1, -0.05) is 18.6 Å². The van der Waals surface area contributed by atoms with Crippen molar-refractivity contribution in [3.05, 3.63) is 29.8 Å². The van der Waals surface area contributed by atoms with Crippen LogP contribution < -0.4 is 15.4 Å². The number of carbonyl (C=O) groups excluding carboxylic acids is 1. The molecule has 2 rings (SSSR count). The van der Waals surface area contributed by atoms with Gasteiger partial charge in [0.05, 0.1) is 6.10 Å². The topological polar surface area (TPSA) is 50.4 Å². The van der Waals surface area contributed by atoms with Gasteiger partial charge in [0.2, 0.25) is 0 Å². The zero-order valence-electron chi connectivity index (χ0n) is 14.3. The van der Waals surface area contributed by atoms with Gasteiger partial charge in [-0.3, -0.25) is 0 Å². The quantitative estimate of drug-likeness (QED) is 0.827. The van der Waals surface area contributed by atoms with Crippen molar-refractivity contribution in [3.8, 4) is 5.75 Å². The molecule has 2 unspecified atom stereocenters. The number of benzene rings is 1. The molecule has 1 saturated carbocycles. The molecule has 2 atom stereocenters. The van der Waals surface area contributed by atoms with E-state index in [1.807, 2.05) is 49.9 Å². The second-order valence-corrected chi connectivity index (χ2v) is 7.50. The molecule has 2 N–H and O–H groups in total. The predicted molar refractivity (Wildman–Crippen MR) is 97.1 cm³/mol. The number of hydrogen-bond acceptors (Lipinski definition) is 3. The van der Waals surface area contributed by atoms with Crippen LogP contribution >= 0.6 is 11.8 Å². The van der Waals surface area contributed by atoms with Crippen molar-refractivity contribution in [2.75, 3.05) is 6.26 Å². The van der Waals surface area contributed by atoms with E-state index in [9.17, 15) is 4.79 Å². The molecule has 0 heterocycles. The molecule has 1 aromatic rings. The average molecular weight is 337 g/mol. The molecule has 0 aliphatic heterocycles. The van der Waals surface area contributed by atoms with Crippen LogP contribution in [0.4, 0.5) is 4.79 Å². The van der Waals surface area contributed by atoms with Crippen LogP contribution in [0, 0.1) is 0 Å². The summed E-state index contributed by atoms with van der Waals surface area (Å²) < 4.78 is 5.68. The van der Waals surface area contributed by atoms with Gasteiger partial charge in [-0.15, -0.1) is 0 Å². The van der Waals surface area contributed by atoms with Crippen LogP contribution in [0.25, 0.3) is 0 Å². The Morgan fingerprint density at radius 1 is 1.39 bits per heavy atom. The number of ether oxygens (including phenoxy) is 1. The summed E-state index contributed by atoms with van der Waals surface area (Å²) in [4.78, 5) is 12.1. The Labute approximate surface area is 143 Å². The standard InChI is InChI=1S/C18H28N2O2S/c1-13(2)22-16-8-4-6-14(10-16)12-19-18(21)20-15-7-5-9-17(11-15)23-3/h4,6,8,10,13,15,17H,5,7,9,11-12H2,1-3H3,(H2,19,20,21). The summed E-state index contributed by atoms with van der Waals surface area (Å²) >= 11 is 1.91. The van der Waals surface area contributed by atoms with E-state index in [-0.39, 0.29) is 12.1 Å². The number of urea groups is 1. The van der Waals surface area contributed by atoms with Crippen LogP contribution in [-0.2, 0) is 6.54 Å². The number of hydrogen-bond donors (Lipinski definition) is 2. The van der Waals surface area contributed by atoms with Crippen molar-refractivity contribution in [1.82, 2.24) is 10.6 Å². The lowest BCUT2D eigenvalue weighted by Gasteiger charge is -2.28. The van der Waals surface area contributed by atoms with Gasteiger partial charge < -0.3 is 15.4 Å². The number of thioether (sulfide) groups is 1. The normalized spacial score (nSPS) is 21.0. The molecule has 0 saturated heterocycles. The Balaban J connectivity index is 1.78. The fourth-order valence-electron chi connectivity index (χ4n) is 2.91. The summed E-state index contributed by atoms with van der Waals surface area (Å²) in [5.41, 5.74) is 1.05. The Bertz CT molecular complexity index is 508. The van der Waals surface area contributed by atoms with E-state index in [2.05, 4.69) is 16.9 Å². The summed E-state index contributed by atoms with van der Waals surface area (Å²) in [5.74, 6) is 0.842. The first kappa shape index (κ1) is 18.0. The van der Waals surface area contributed by atoms with Crippen molar-refractivity contribution in [3.63, 3.8) is 0 Å². The highest BCUT2D eigenvalue weighted by Gasteiger charge is 2.22. The van der Waals surface area contributed by atoms with Crippen molar-refractivity contribution < 1.29 is 9.53 Å². The largest absolute Gasteiger partial charge is 0.491 e. The molecule has 5 heteroatoms. The molecule has 128 valence electrons. The lowest BCUT2D eigenvalue weighted by molar-refractivity contribution is 0.232. The molecule has 1 aliphatic carbocycles. The van der Waals surface area contributed by atoms with E-state index in [4.69, 9.17) is 4.74 Å². The zero-order valence-corrected chi connectivity index (χ0v) is 15.1. The Morgan fingerprint density at radius 3 is 2.96 bits per heavy atom. The fourth-order valence-corrected chi connectivity index (χ4v) is 3.74. The molecule has 0 bridgehead atoms. The average Bonchev–Trinajstić information content (AvgIpc) is 2.53. The summed E-state index contributed by atoms with van der Waals surface area (Å²) in [6.45, 7) is 4.52. The van der Waals surface area contributed by atoms with Crippen molar-refractivity contribution >= 4 is 17.8 Å². The lowest BCUT2D eigenvalue weighted by Crippen LogP contribution is -2.44. The summed E-state index contributed by atoms with van der Waals surface area (Å²) in [6, 6.07) is 8.09. The Kier molecular flexibility index (Phi) is 7.09. The molecule has 1 aromatic carbocycles. The van der Waals surface area contributed by atoms with Crippen LogP contribution in [0.3, 0.4) is 0 Å². The second-order valence-electron chi connectivity index (χ2n) is 6.36. The van der Waals surface area contributed by atoms with Crippen LogP contribution in [0.1, 0.15) is 45.1 Å². The van der Waals surface area contributed by atoms with E-state index in [1.165, 1.54) is 12.8 Å². The number of amides is 2. The van der Waals surface area contributed by atoms with Crippen molar-refractivity contribution in [1.29, 1.82) is 0 Å². The molecule has 23 heavy (non-hydrogen) atoms. The van der Waals surface area contributed by atoms with Crippen LogP contribution in [0.2, 0.25) is 0 Å². The fraction of sp³-hybridized carbons (Fsp3) is 0.611. The summed E-state index contributed by atoms with van der Waals surface area (Å²) in [5, 5.41) is 6.73. The number of nitrogens with one attached hydrogen (secondary N) is 2. The Hall–Kier alpha value is -1.36. The van der Waals surface area contributed by atoms with Gasteiger partial charge in [0, 0.05) is 17.8 Å². The molecule has 0 radical (unpaired) electrons. The van der Waals surface area contributed by atoms with E-state index in [0.717, 1.165) is 24.2 Å². The predicted octanol–water partition coefficient (Wildman–Crippen LogP) is 3.95. The highest BCUT2D eigenvalue weighted by molar-refractivity contribution is 7.99. The minimum Gasteiger partial charge on any atom is -0.491 e. The van der Waals surface area contributed by atoms with Gasteiger partial charge in [0.15, 0.2) is 0 Å². The molecule has 0 spiro atoms. The monoisotopic (exact) mass is 336 g/mol. The first-order valence-electron chi connectivity index (χ1n) is 8.39. The molecule has 4 nitrogen and oxygen atoms in total. The summed E-state index contributed by atoms with van der Waals surface area (Å²) in [7, 11) is 0. The molecular formula is C18H28N2O2S. The Morgan fingerprint density at radius 2 is 2.22 bits per heavy atom. The molecular weight excluding hydrogens is 308 g/mol. The molecule has 1 aliphatic rings. The van der Waals surface area contributed by atoms with E-state index < -0.39 is 0 Å². The van der Waals surface area contributed by atoms with Gasteiger partial charge in [-0.25, -0.2) is 4.79 Å². The smallest absolute Gasteiger partial charge is 0.315 e. The van der Waals surface area contributed by atoms with Gasteiger partial charge in [-0.2, -0.15) is 11.8 Å². The summed E-state index contributed by atoms with van der Waals surface area (Å²) in [6.07, 6.45) is 6.93. The zero-order chi connectivity index (χ0) is 16.7. The third-order valence-corrected chi connectivity index (χ3v) is 5.11. The third-order valence-electron chi connectivity index (χ3n) is 4.02. The van der Waals surface area contributed by atoms with Crippen LogP contribution in [0.15, 0.2) is 24.3 Å². The maximum absolute atomic E-state index is 12.1. The van der Waals surface area contributed by atoms with E-state index >= 15 is 0 Å². The molecule has 2 amide bonds. The SMILES string of the molecule is CSC1CCCC(NC(=O)NCc2cccc(OC(C)C)c2)C1. The minimum absolute atomic E-state index is 0.0769. The maximum Gasteiger partial charge on any atom is 0.315 e. The van der Waals surface area contributed by atoms with Gasteiger partial charge >= 0.3 is 6.03 Å². The second kappa shape index (κ2) is 9.06. The molecule has 0 aromatic heterocycles. The lowest BCUT2D eigenvalue weighted by atomic mass is 9.95. The highest BCUT2D eigenvalue weighted by atomic mass is 32.2. The number of carbonyl (C=O) groups is 1. The van der Waals surface area contributed by atoms with Crippen LogP contribution in [-0.4, -0.2) is 29.7 Å². The van der Waals surface area contributed by atoms with Crippen LogP contribution in [0.5, 0.6) is 5.75 Å². The first-order valence-corrected chi connectivity index (χ1v) is 9.68. The van der Waals surface area contributed by atoms with Crippen molar-refractivity contribution in [2.45, 2.75) is 63.5 Å².